The Bertz CT molecular complexity index is 407. The van der Waals surface area contributed by atoms with E-state index < -0.39 is 29.2 Å². The number of alkyl halides is 3. The average Bonchev–Trinajstić information content (AvgIpc) is 2.26. The number of benzene rings is 1. The summed E-state index contributed by atoms with van der Waals surface area (Å²) in [5, 5.41) is 18.7. The van der Waals surface area contributed by atoms with Crippen LogP contribution in [0.5, 0.6) is 11.5 Å². The fourth-order valence-electron chi connectivity index (χ4n) is 1.40. The van der Waals surface area contributed by atoms with Crippen molar-refractivity contribution in [2.75, 3.05) is 13.7 Å². The maximum atomic E-state index is 12.7. The molecule has 0 aliphatic heterocycles. The van der Waals surface area contributed by atoms with Crippen molar-refractivity contribution in [3.63, 3.8) is 0 Å². The van der Waals surface area contributed by atoms with Gasteiger partial charge in [0.2, 0.25) is 0 Å². The Kier molecular flexibility index (Phi) is 3.84. The second-order valence-corrected chi connectivity index (χ2v) is 3.36. The molecule has 0 heterocycles. The lowest BCUT2D eigenvalue weighted by Crippen LogP contribution is -2.17. The Balaban J connectivity index is 3.42. The van der Waals surface area contributed by atoms with Crippen LogP contribution in [0.4, 0.5) is 13.2 Å². The van der Waals surface area contributed by atoms with Gasteiger partial charge in [0.25, 0.3) is 0 Å². The Morgan fingerprint density at radius 2 is 2.00 bits per heavy atom. The summed E-state index contributed by atoms with van der Waals surface area (Å²) in [7, 11) is 1.20. The molecular formula is C10H12F3NO3. The fraction of sp³-hybridized carbons (Fsp3) is 0.400. The van der Waals surface area contributed by atoms with Gasteiger partial charge in [0.05, 0.1) is 18.8 Å². The summed E-state index contributed by atoms with van der Waals surface area (Å²) in [4.78, 5) is 0. The Hall–Kier alpha value is -1.47. The summed E-state index contributed by atoms with van der Waals surface area (Å²) < 4.78 is 42.6. The lowest BCUT2D eigenvalue weighted by Gasteiger charge is -2.18. The Morgan fingerprint density at radius 3 is 2.41 bits per heavy atom. The highest BCUT2D eigenvalue weighted by Crippen LogP contribution is 2.40. The van der Waals surface area contributed by atoms with E-state index in [-0.39, 0.29) is 12.3 Å². The molecule has 0 saturated heterocycles. The Morgan fingerprint density at radius 1 is 1.41 bits per heavy atom. The SMILES string of the molecule is COc1cc(C(O)CN)c(C(F)(F)F)cc1O. The van der Waals surface area contributed by atoms with Gasteiger partial charge in [-0.3, -0.25) is 0 Å². The number of hydrogen-bond acceptors (Lipinski definition) is 4. The first kappa shape index (κ1) is 13.6. The number of hydrogen-bond donors (Lipinski definition) is 3. The summed E-state index contributed by atoms with van der Waals surface area (Å²) in [6, 6.07) is 1.43. The molecular weight excluding hydrogens is 239 g/mol. The second kappa shape index (κ2) is 4.80. The first-order valence-corrected chi connectivity index (χ1v) is 4.67. The molecule has 0 aliphatic carbocycles. The first-order valence-electron chi connectivity index (χ1n) is 4.67. The lowest BCUT2D eigenvalue weighted by atomic mass is 10.0. The summed E-state index contributed by atoms with van der Waals surface area (Å²) in [6.45, 7) is -0.364. The van der Waals surface area contributed by atoms with Gasteiger partial charge < -0.3 is 20.7 Å². The molecule has 0 amide bonds. The largest absolute Gasteiger partial charge is 0.504 e. The van der Waals surface area contributed by atoms with E-state index in [2.05, 4.69) is 4.74 Å². The molecule has 0 aliphatic rings. The average molecular weight is 251 g/mol. The highest BCUT2D eigenvalue weighted by atomic mass is 19.4. The minimum absolute atomic E-state index is 0.152. The van der Waals surface area contributed by atoms with Crippen LogP contribution in [0.15, 0.2) is 12.1 Å². The van der Waals surface area contributed by atoms with Gasteiger partial charge in [0.1, 0.15) is 0 Å². The summed E-state index contributed by atoms with van der Waals surface area (Å²) in [6.07, 6.45) is -6.16. The maximum Gasteiger partial charge on any atom is 0.416 e. The predicted octanol–water partition coefficient (Wildman–Crippen LogP) is 1.41. The van der Waals surface area contributed by atoms with Crippen LogP contribution in [0.1, 0.15) is 17.2 Å². The van der Waals surface area contributed by atoms with Gasteiger partial charge >= 0.3 is 6.18 Å². The van der Waals surface area contributed by atoms with E-state index in [1.165, 1.54) is 7.11 Å². The van der Waals surface area contributed by atoms with E-state index in [1.807, 2.05) is 0 Å². The number of phenols is 1. The molecule has 0 spiro atoms. The molecule has 0 bridgehead atoms. The van der Waals surface area contributed by atoms with E-state index in [9.17, 15) is 23.4 Å². The fourth-order valence-corrected chi connectivity index (χ4v) is 1.40. The minimum atomic E-state index is -4.69. The van der Waals surface area contributed by atoms with Crippen molar-refractivity contribution < 1.29 is 28.1 Å². The van der Waals surface area contributed by atoms with Gasteiger partial charge in [0, 0.05) is 6.54 Å². The lowest BCUT2D eigenvalue weighted by molar-refractivity contribution is -0.139. The molecule has 4 N–H and O–H groups in total. The number of methoxy groups -OCH3 is 1. The molecule has 1 atom stereocenters. The molecule has 0 radical (unpaired) electrons. The number of aliphatic hydroxyl groups excluding tert-OH is 1. The molecule has 0 fully saturated rings. The molecule has 1 rings (SSSR count). The van der Waals surface area contributed by atoms with E-state index >= 15 is 0 Å². The highest BCUT2D eigenvalue weighted by molar-refractivity contribution is 5.48. The quantitative estimate of drug-likeness (QED) is 0.759. The highest BCUT2D eigenvalue weighted by Gasteiger charge is 2.36. The van der Waals surface area contributed by atoms with Crippen molar-refractivity contribution in [1.82, 2.24) is 0 Å². The number of phenolic OH excluding ortho intramolecular Hbond substituents is 1. The van der Waals surface area contributed by atoms with Gasteiger partial charge in [-0.25, -0.2) is 0 Å². The van der Waals surface area contributed by atoms with Crippen LogP contribution in [0.3, 0.4) is 0 Å². The monoisotopic (exact) mass is 251 g/mol. The van der Waals surface area contributed by atoms with Crippen LogP contribution in [0.25, 0.3) is 0 Å². The Labute approximate surface area is 95.4 Å². The number of ether oxygens (including phenoxy) is 1. The number of aliphatic hydroxyl groups is 1. The standard InChI is InChI=1S/C10H12F3NO3/c1-17-9-2-5(8(16)4-14)6(3-7(9)15)10(11,12)13/h2-3,8,15-16H,4,14H2,1H3. The van der Waals surface area contributed by atoms with Crippen molar-refractivity contribution in [2.24, 2.45) is 5.73 Å². The maximum absolute atomic E-state index is 12.7. The number of nitrogens with two attached hydrogens (primary N) is 1. The molecule has 0 aromatic heterocycles. The van der Waals surface area contributed by atoms with Crippen molar-refractivity contribution in [1.29, 1.82) is 0 Å². The third-order valence-corrected chi connectivity index (χ3v) is 2.24. The van der Waals surface area contributed by atoms with E-state index in [0.717, 1.165) is 6.07 Å². The number of rotatable bonds is 3. The third kappa shape index (κ3) is 2.80. The van der Waals surface area contributed by atoms with Gasteiger partial charge in [-0.2, -0.15) is 13.2 Å². The third-order valence-electron chi connectivity index (χ3n) is 2.24. The van der Waals surface area contributed by atoms with Crippen LogP contribution in [-0.2, 0) is 6.18 Å². The molecule has 1 aromatic rings. The molecule has 7 heteroatoms. The topological polar surface area (TPSA) is 75.7 Å². The minimum Gasteiger partial charge on any atom is -0.504 e. The van der Waals surface area contributed by atoms with Gasteiger partial charge in [0.15, 0.2) is 11.5 Å². The van der Waals surface area contributed by atoms with E-state index in [1.54, 1.807) is 0 Å². The molecule has 4 nitrogen and oxygen atoms in total. The summed E-state index contributed by atoms with van der Waals surface area (Å²) in [5.41, 5.74) is 3.57. The van der Waals surface area contributed by atoms with Crippen LogP contribution < -0.4 is 10.5 Å². The first-order chi connectivity index (χ1) is 7.81. The molecule has 96 valence electrons. The van der Waals surface area contributed by atoms with Gasteiger partial charge in [-0.05, 0) is 17.7 Å². The molecule has 1 unspecified atom stereocenters. The number of halogens is 3. The van der Waals surface area contributed by atoms with E-state index in [0.29, 0.717) is 6.07 Å². The van der Waals surface area contributed by atoms with Crippen molar-refractivity contribution in [3.8, 4) is 11.5 Å². The summed E-state index contributed by atoms with van der Waals surface area (Å²) in [5.74, 6) is -0.798. The van der Waals surface area contributed by atoms with Gasteiger partial charge in [-0.1, -0.05) is 0 Å². The van der Waals surface area contributed by atoms with E-state index in [4.69, 9.17) is 5.73 Å². The van der Waals surface area contributed by atoms with Gasteiger partial charge in [-0.15, -0.1) is 0 Å². The number of aromatic hydroxyl groups is 1. The van der Waals surface area contributed by atoms with Crippen LogP contribution in [0.2, 0.25) is 0 Å². The van der Waals surface area contributed by atoms with Crippen LogP contribution >= 0.6 is 0 Å². The zero-order chi connectivity index (χ0) is 13.2. The molecule has 0 saturated carbocycles. The second-order valence-electron chi connectivity index (χ2n) is 3.36. The molecule has 1 aromatic carbocycles. The van der Waals surface area contributed by atoms with Crippen molar-refractivity contribution in [2.45, 2.75) is 12.3 Å². The van der Waals surface area contributed by atoms with Crippen LogP contribution in [0, 0.1) is 0 Å². The smallest absolute Gasteiger partial charge is 0.416 e. The van der Waals surface area contributed by atoms with Crippen molar-refractivity contribution in [3.05, 3.63) is 23.3 Å². The summed E-state index contributed by atoms with van der Waals surface area (Å²) >= 11 is 0. The zero-order valence-electron chi connectivity index (χ0n) is 8.95. The zero-order valence-corrected chi connectivity index (χ0v) is 8.95. The molecule has 17 heavy (non-hydrogen) atoms. The van der Waals surface area contributed by atoms with Crippen LogP contribution in [-0.4, -0.2) is 23.9 Å². The normalized spacial score (nSPS) is 13.5. The van der Waals surface area contributed by atoms with Crippen molar-refractivity contribution >= 4 is 0 Å². The predicted molar refractivity (Wildman–Crippen MR) is 53.7 cm³/mol.